The molecule has 0 amide bonds. The van der Waals surface area contributed by atoms with Crippen LogP contribution < -0.4 is 0 Å². The van der Waals surface area contributed by atoms with E-state index in [2.05, 4.69) is 24.9 Å². The van der Waals surface area contributed by atoms with E-state index in [1.807, 2.05) is 18.5 Å². The number of nitrogens with zero attached hydrogens (tertiary/aromatic N) is 1. The van der Waals surface area contributed by atoms with Crippen LogP contribution in [-0.4, -0.2) is 27.5 Å². The summed E-state index contributed by atoms with van der Waals surface area (Å²) in [6.07, 6.45) is 3.75. The molecule has 10 heavy (non-hydrogen) atoms. The average molecular weight is 239 g/mol. The third-order valence-corrected chi connectivity index (χ3v) is 2.21. The van der Waals surface area contributed by atoms with Crippen LogP contribution in [0.3, 0.4) is 0 Å². The van der Waals surface area contributed by atoms with Gasteiger partial charge in [-0.15, -0.1) is 0 Å². The molecule has 0 aliphatic rings. The molecule has 0 aliphatic carbocycles. The molecule has 2 heteroatoms. The van der Waals surface area contributed by atoms with Crippen molar-refractivity contribution < 1.29 is 0 Å². The van der Waals surface area contributed by atoms with Crippen molar-refractivity contribution in [3.63, 3.8) is 0 Å². The zero-order chi connectivity index (χ0) is 7.61. The van der Waals surface area contributed by atoms with Crippen LogP contribution >= 0.6 is 0 Å². The summed E-state index contributed by atoms with van der Waals surface area (Å²) >= 11 is 1.53. The Balaban J connectivity index is 2.97. The Labute approximate surface area is 75.0 Å². The maximum absolute atomic E-state index is 4.07. The molecular weight excluding hydrogens is 229 g/mol. The van der Waals surface area contributed by atoms with Gasteiger partial charge >= 0.3 is 74.9 Å². The van der Waals surface area contributed by atoms with Gasteiger partial charge in [-0.1, -0.05) is 0 Å². The Bertz CT molecular complexity index is 200. The second-order valence-corrected chi connectivity index (χ2v) is 6.43. The van der Waals surface area contributed by atoms with Crippen LogP contribution in [0.25, 0.3) is 0 Å². The third kappa shape index (κ3) is 1.97. The zero-order valence-electron chi connectivity index (χ0n) is 6.26. The van der Waals surface area contributed by atoms with Gasteiger partial charge in [0.2, 0.25) is 0 Å². The molecule has 0 aliphatic heterocycles. The first-order valence-electron chi connectivity index (χ1n) is 3.26. The molecule has 1 aromatic rings. The molecule has 0 fully saturated rings. The zero-order valence-corrected chi connectivity index (χ0v) is 9.11. The first-order valence-corrected chi connectivity index (χ1v) is 4.69. The standard InChI is InChI=1S/C8H10N.Sn/c1-7(2)8-4-3-5-9-6-8;/h3-6H,1-2H3;. The van der Waals surface area contributed by atoms with Crippen molar-refractivity contribution >= 4 is 22.5 Å². The van der Waals surface area contributed by atoms with Crippen molar-refractivity contribution in [2.24, 2.45) is 0 Å². The Morgan fingerprint density at radius 3 is 2.50 bits per heavy atom. The monoisotopic (exact) mass is 240 g/mol. The molecule has 0 N–H and O–H groups in total. The van der Waals surface area contributed by atoms with Crippen LogP contribution in [0.5, 0.6) is 0 Å². The third-order valence-electron chi connectivity index (χ3n) is 1.38. The van der Waals surface area contributed by atoms with Crippen LogP contribution in [0.4, 0.5) is 0 Å². The predicted molar refractivity (Wildman–Crippen MR) is 43.0 cm³/mol. The van der Waals surface area contributed by atoms with E-state index in [0.717, 1.165) is 0 Å². The van der Waals surface area contributed by atoms with E-state index in [9.17, 15) is 0 Å². The van der Waals surface area contributed by atoms with E-state index in [1.54, 1.807) is 0 Å². The molecule has 3 radical (unpaired) electrons. The van der Waals surface area contributed by atoms with Gasteiger partial charge in [0.15, 0.2) is 0 Å². The van der Waals surface area contributed by atoms with E-state index in [1.165, 1.54) is 28.1 Å². The van der Waals surface area contributed by atoms with E-state index in [0.29, 0.717) is 3.43 Å². The first-order chi connectivity index (χ1) is 4.61. The van der Waals surface area contributed by atoms with Gasteiger partial charge in [0.1, 0.15) is 0 Å². The van der Waals surface area contributed by atoms with Crippen molar-refractivity contribution in [2.75, 3.05) is 0 Å². The number of pyridine rings is 1. The van der Waals surface area contributed by atoms with Crippen molar-refractivity contribution in [3.8, 4) is 0 Å². The summed E-state index contributed by atoms with van der Waals surface area (Å²) in [6.45, 7) is 4.45. The molecular formula is C8H10NSn. The van der Waals surface area contributed by atoms with Crippen LogP contribution in [0.2, 0.25) is 0 Å². The maximum atomic E-state index is 4.07. The molecule has 0 atom stereocenters. The van der Waals surface area contributed by atoms with Crippen LogP contribution in [0.15, 0.2) is 24.5 Å². The van der Waals surface area contributed by atoms with Gasteiger partial charge < -0.3 is 0 Å². The fourth-order valence-corrected chi connectivity index (χ4v) is 1.15. The summed E-state index contributed by atoms with van der Waals surface area (Å²) in [5.41, 5.74) is 1.33. The summed E-state index contributed by atoms with van der Waals surface area (Å²) < 4.78 is 0.320. The number of rotatable bonds is 1. The molecule has 0 aromatic carbocycles. The second kappa shape index (κ2) is 2.91. The van der Waals surface area contributed by atoms with Crippen molar-refractivity contribution in [2.45, 2.75) is 17.3 Å². The summed E-state index contributed by atoms with van der Waals surface area (Å²) in [6, 6.07) is 4.11. The molecule has 0 unspecified atom stereocenters. The SMILES string of the molecule is C[C](C)([Sn])c1cccnc1. The molecule has 51 valence electrons. The summed E-state index contributed by atoms with van der Waals surface area (Å²) in [7, 11) is 0. The van der Waals surface area contributed by atoms with Gasteiger partial charge in [-0.05, 0) is 0 Å². The summed E-state index contributed by atoms with van der Waals surface area (Å²) in [4.78, 5) is 4.07. The minimum absolute atomic E-state index is 0.320. The van der Waals surface area contributed by atoms with Crippen LogP contribution in [0, 0.1) is 0 Å². The number of hydrogen-bond acceptors (Lipinski definition) is 1. The molecule has 0 spiro atoms. The van der Waals surface area contributed by atoms with Gasteiger partial charge in [-0.2, -0.15) is 0 Å². The fourth-order valence-electron chi connectivity index (χ4n) is 0.732. The van der Waals surface area contributed by atoms with E-state index < -0.39 is 0 Å². The minimum atomic E-state index is 0.320. The van der Waals surface area contributed by atoms with Gasteiger partial charge in [-0.25, -0.2) is 0 Å². The Morgan fingerprint density at radius 1 is 1.50 bits per heavy atom. The number of hydrogen-bond donors (Lipinski definition) is 0. The first kappa shape index (κ1) is 8.05. The molecule has 0 bridgehead atoms. The quantitative estimate of drug-likeness (QED) is 0.676. The van der Waals surface area contributed by atoms with E-state index in [-0.39, 0.29) is 0 Å². The molecule has 0 saturated carbocycles. The molecule has 1 heterocycles. The second-order valence-electron chi connectivity index (χ2n) is 2.87. The van der Waals surface area contributed by atoms with Gasteiger partial charge in [-0.3, -0.25) is 0 Å². The Hall–Kier alpha value is -0.0513. The predicted octanol–water partition coefficient (Wildman–Crippen LogP) is 1.49. The summed E-state index contributed by atoms with van der Waals surface area (Å²) in [5, 5.41) is 0. The normalized spacial score (nSPS) is 11.5. The Kier molecular flexibility index (Phi) is 2.34. The molecule has 1 rings (SSSR count). The molecule has 0 saturated heterocycles. The van der Waals surface area contributed by atoms with E-state index >= 15 is 0 Å². The van der Waals surface area contributed by atoms with Crippen LogP contribution in [-0.2, 0) is 3.43 Å². The van der Waals surface area contributed by atoms with Gasteiger partial charge in [0, 0.05) is 0 Å². The van der Waals surface area contributed by atoms with Gasteiger partial charge in [0.25, 0.3) is 0 Å². The van der Waals surface area contributed by atoms with Crippen molar-refractivity contribution in [3.05, 3.63) is 30.1 Å². The molecule has 1 nitrogen and oxygen atoms in total. The molecule has 1 aromatic heterocycles. The Morgan fingerprint density at radius 2 is 2.20 bits per heavy atom. The van der Waals surface area contributed by atoms with E-state index in [4.69, 9.17) is 0 Å². The number of aromatic nitrogens is 1. The average Bonchev–Trinajstić information content (AvgIpc) is 1.88. The van der Waals surface area contributed by atoms with Gasteiger partial charge in [0.05, 0.1) is 0 Å². The topological polar surface area (TPSA) is 12.9 Å². The fraction of sp³-hybridized carbons (Fsp3) is 0.375. The summed E-state index contributed by atoms with van der Waals surface area (Å²) in [5.74, 6) is 0. The van der Waals surface area contributed by atoms with Crippen LogP contribution in [0.1, 0.15) is 19.4 Å². The van der Waals surface area contributed by atoms with Crippen molar-refractivity contribution in [1.82, 2.24) is 4.98 Å². The van der Waals surface area contributed by atoms with Crippen molar-refractivity contribution in [1.29, 1.82) is 0 Å².